The van der Waals surface area contributed by atoms with E-state index in [1.807, 2.05) is 20.8 Å². The van der Waals surface area contributed by atoms with Crippen molar-refractivity contribution in [3.8, 4) is 0 Å². The maximum Gasteiger partial charge on any atom is 0.410 e. The fourth-order valence-electron chi connectivity index (χ4n) is 3.02. The fourth-order valence-corrected chi connectivity index (χ4v) is 3.02. The minimum Gasteiger partial charge on any atom is -0.468 e. The highest BCUT2D eigenvalue weighted by molar-refractivity contribution is 5.80. The molecule has 10 heteroatoms. The van der Waals surface area contributed by atoms with Gasteiger partial charge in [0.1, 0.15) is 11.6 Å². The van der Waals surface area contributed by atoms with Crippen LogP contribution < -0.4 is 16.4 Å². The molecule has 10 nitrogen and oxygen atoms in total. The van der Waals surface area contributed by atoms with Gasteiger partial charge in [0.2, 0.25) is 11.8 Å². The van der Waals surface area contributed by atoms with Crippen molar-refractivity contribution in [3.63, 3.8) is 0 Å². The summed E-state index contributed by atoms with van der Waals surface area (Å²) in [4.78, 5) is 48.6. The Morgan fingerprint density at radius 3 is 2.23 bits per heavy atom. The highest BCUT2D eigenvalue weighted by Crippen LogP contribution is 2.23. The topological polar surface area (TPSA) is 140 Å². The van der Waals surface area contributed by atoms with Crippen molar-refractivity contribution >= 4 is 23.9 Å². The van der Waals surface area contributed by atoms with Crippen molar-refractivity contribution in [1.29, 1.82) is 0 Å². The van der Waals surface area contributed by atoms with Gasteiger partial charge in [0.15, 0.2) is 0 Å². The van der Waals surface area contributed by atoms with Crippen molar-refractivity contribution in [2.75, 3.05) is 33.3 Å². The summed E-state index contributed by atoms with van der Waals surface area (Å²) >= 11 is 0. The summed E-state index contributed by atoms with van der Waals surface area (Å²) < 4.78 is 9.85. The second-order valence-electron chi connectivity index (χ2n) is 8.48. The first-order valence-electron chi connectivity index (χ1n) is 10.4. The second-order valence-corrected chi connectivity index (χ2v) is 8.48. The molecule has 0 aromatic carbocycles. The molecular weight excluding hydrogens is 392 g/mol. The molecule has 1 fully saturated rings. The van der Waals surface area contributed by atoms with Crippen LogP contribution in [0.15, 0.2) is 0 Å². The quantitative estimate of drug-likeness (QED) is 0.455. The minimum atomic E-state index is -0.907. The van der Waals surface area contributed by atoms with Crippen molar-refractivity contribution in [2.24, 2.45) is 11.7 Å². The third kappa shape index (κ3) is 10.4. The number of nitrogens with one attached hydrogen (secondary N) is 2. The number of piperidine rings is 1. The third-order valence-corrected chi connectivity index (χ3v) is 4.74. The van der Waals surface area contributed by atoms with Gasteiger partial charge in [-0.1, -0.05) is 0 Å². The largest absolute Gasteiger partial charge is 0.468 e. The van der Waals surface area contributed by atoms with Gasteiger partial charge in [0.05, 0.1) is 7.11 Å². The number of carbonyl (C=O) groups excluding carboxylic acids is 4. The Bertz CT molecular complexity index is 597. The number of ether oxygens (including phenoxy) is 2. The Hall–Kier alpha value is -2.36. The Morgan fingerprint density at radius 1 is 1.07 bits per heavy atom. The van der Waals surface area contributed by atoms with E-state index in [0.717, 1.165) is 19.3 Å². The molecule has 3 amide bonds. The van der Waals surface area contributed by atoms with E-state index in [4.69, 9.17) is 10.5 Å². The number of rotatable bonds is 9. The van der Waals surface area contributed by atoms with Gasteiger partial charge in [-0.15, -0.1) is 0 Å². The summed E-state index contributed by atoms with van der Waals surface area (Å²) in [6, 6.07) is -0.907. The van der Waals surface area contributed by atoms with Gasteiger partial charge in [0.25, 0.3) is 0 Å². The van der Waals surface area contributed by atoms with Gasteiger partial charge in [-0.25, -0.2) is 4.79 Å². The SMILES string of the molecule is COC(=O)[C@@H](N)CNC(=O)CCNC(=O)CCC1CCN(C(=O)OC(C)(C)C)CC1. The van der Waals surface area contributed by atoms with Gasteiger partial charge in [-0.05, 0) is 46.0 Å². The van der Waals surface area contributed by atoms with Crippen LogP contribution in [0.2, 0.25) is 0 Å². The van der Waals surface area contributed by atoms with Crippen LogP contribution in [-0.2, 0) is 23.9 Å². The van der Waals surface area contributed by atoms with Crippen molar-refractivity contribution < 1.29 is 28.7 Å². The standard InChI is InChI=1S/C20H36N4O6/c1-20(2,3)30-19(28)24-11-8-14(9-12-24)5-6-16(25)22-10-7-17(26)23-13-15(21)18(27)29-4/h14-15H,5-13,21H2,1-4H3,(H,22,25)(H,23,26)/t15-/m0/s1. The van der Waals surface area contributed by atoms with Crippen molar-refractivity contribution in [1.82, 2.24) is 15.5 Å². The lowest BCUT2D eigenvalue weighted by Gasteiger charge is -2.33. The number of methoxy groups -OCH3 is 1. The molecule has 30 heavy (non-hydrogen) atoms. The molecule has 0 spiro atoms. The van der Waals surface area contributed by atoms with Gasteiger partial charge in [-0.3, -0.25) is 14.4 Å². The molecule has 0 aliphatic carbocycles. The Labute approximate surface area is 178 Å². The van der Waals surface area contributed by atoms with E-state index in [1.165, 1.54) is 7.11 Å². The number of likely N-dealkylation sites (tertiary alicyclic amines) is 1. The molecule has 0 bridgehead atoms. The number of carbonyl (C=O) groups is 4. The van der Waals surface area contributed by atoms with E-state index in [-0.39, 0.29) is 37.4 Å². The molecule has 0 radical (unpaired) electrons. The van der Waals surface area contributed by atoms with Crippen molar-refractivity contribution in [2.45, 2.75) is 64.5 Å². The Kier molecular flexibility index (Phi) is 10.6. The third-order valence-electron chi connectivity index (χ3n) is 4.74. The van der Waals surface area contributed by atoms with Crippen LogP contribution in [0.25, 0.3) is 0 Å². The van der Waals surface area contributed by atoms with Crippen LogP contribution in [-0.4, -0.2) is 73.7 Å². The molecule has 172 valence electrons. The van der Waals surface area contributed by atoms with Crippen LogP contribution >= 0.6 is 0 Å². The number of hydrogen-bond donors (Lipinski definition) is 3. The molecule has 1 rings (SSSR count). The first kappa shape index (κ1) is 25.7. The molecule has 1 aliphatic heterocycles. The lowest BCUT2D eigenvalue weighted by molar-refractivity contribution is -0.142. The van der Waals surface area contributed by atoms with E-state index < -0.39 is 17.6 Å². The molecule has 1 saturated heterocycles. The molecule has 0 saturated carbocycles. The zero-order chi connectivity index (χ0) is 22.7. The summed E-state index contributed by atoms with van der Waals surface area (Å²) in [5, 5.41) is 5.24. The van der Waals surface area contributed by atoms with Gasteiger partial charge < -0.3 is 30.7 Å². The summed E-state index contributed by atoms with van der Waals surface area (Å²) in [5.41, 5.74) is 5.02. The number of esters is 1. The normalized spacial score (nSPS) is 15.8. The second kappa shape index (κ2) is 12.4. The maximum absolute atomic E-state index is 12.1. The summed E-state index contributed by atoms with van der Waals surface area (Å²) in [6.45, 7) is 7.01. The summed E-state index contributed by atoms with van der Waals surface area (Å²) in [6.07, 6.45) is 2.63. The minimum absolute atomic E-state index is 0.0125. The molecule has 1 heterocycles. The Morgan fingerprint density at radius 2 is 1.67 bits per heavy atom. The fraction of sp³-hybridized carbons (Fsp3) is 0.800. The highest BCUT2D eigenvalue weighted by atomic mass is 16.6. The van der Waals surface area contributed by atoms with Crippen LogP contribution in [0.3, 0.4) is 0 Å². The first-order valence-corrected chi connectivity index (χ1v) is 10.4. The summed E-state index contributed by atoms with van der Waals surface area (Å²) in [7, 11) is 1.23. The predicted octanol–water partition coefficient (Wildman–Crippen LogP) is 0.537. The first-order chi connectivity index (χ1) is 14.0. The highest BCUT2D eigenvalue weighted by Gasteiger charge is 2.27. The van der Waals surface area contributed by atoms with E-state index in [9.17, 15) is 19.2 Å². The van der Waals surface area contributed by atoms with E-state index in [1.54, 1.807) is 4.90 Å². The number of nitrogens with two attached hydrogens (primary N) is 1. The van der Waals surface area contributed by atoms with E-state index in [2.05, 4.69) is 15.4 Å². The van der Waals surface area contributed by atoms with Crippen LogP contribution in [0.1, 0.15) is 52.9 Å². The molecular formula is C20H36N4O6. The molecule has 1 atom stereocenters. The lowest BCUT2D eigenvalue weighted by atomic mass is 9.92. The van der Waals surface area contributed by atoms with Crippen LogP contribution in [0.5, 0.6) is 0 Å². The Balaban J connectivity index is 2.14. The zero-order valence-electron chi connectivity index (χ0n) is 18.5. The van der Waals surface area contributed by atoms with Gasteiger partial charge >= 0.3 is 12.1 Å². The lowest BCUT2D eigenvalue weighted by Crippen LogP contribution is -2.43. The molecule has 1 aliphatic rings. The number of amides is 3. The average Bonchev–Trinajstić information content (AvgIpc) is 2.68. The molecule has 0 aromatic heterocycles. The number of hydrogen-bond acceptors (Lipinski definition) is 7. The van der Waals surface area contributed by atoms with Crippen molar-refractivity contribution in [3.05, 3.63) is 0 Å². The number of nitrogens with zero attached hydrogens (tertiary/aromatic N) is 1. The molecule has 4 N–H and O–H groups in total. The van der Waals surface area contributed by atoms with Gasteiger partial charge in [-0.2, -0.15) is 0 Å². The van der Waals surface area contributed by atoms with Crippen LogP contribution in [0.4, 0.5) is 4.79 Å². The van der Waals surface area contributed by atoms with Crippen LogP contribution in [0, 0.1) is 5.92 Å². The monoisotopic (exact) mass is 428 g/mol. The molecule has 0 unspecified atom stereocenters. The zero-order valence-corrected chi connectivity index (χ0v) is 18.5. The maximum atomic E-state index is 12.1. The smallest absolute Gasteiger partial charge is 0.410 e. The van der Waals surface area contributed by atoms with Gasteiger partial charge in [0, 0.05) is 39.0 Å². The molecule has 0 aromatic rings. The van der Waals surface area contributed by atoms with E-state index in [0.29, 0.717) is 25.4 Å². The predicted molar refractivity (Wildman–Crippen MR) is 110 cm³/mol. The average molecular weight is 429 g/mol. The van der Waals surface area contributed by atoms with E-state index >= 15 is 0 Å². The summed E-state index contributed by atoms with van der Waals surface area (Å²) in [5.74, 6) is -0.620.